The smallest absolute Gasteiger partial charge is 0.220 e. The van der Waals surface area contributed by atoms with Crippen molar-refractivity contribution in [2.24, 2.45) is 11.8 Å². The van der Waals surface area contributed by atoms with Crippen LogP contribution >= 0.6 is 0 Å². The average Bonchev–Trinajstić information content (AvgIpc) is 3.07. The third kappa shape index (κ3) is 4.97. The molecule has 0 aromatic carbocycles. The summed E-state index contributed by atoms with van der Waals surface area (Å²) in [5.74, 6) is 1.94. The van der Waals surface area contributed by atoms with E-state index in [0.717, 1.165) is 24.8 Å². The molecule has 18 heavy (non-hydrogen) atoms. The summed E-state index contributed by atoms with van der Waals surface area (Å²) < 4.78 is 0. The summed E-state index contributed by atoms with van der Waals surface area (Å²) in [5.41, 5.74) is 0. The second-order valence-electron chi connectivity index (χ2n) is 6.51. The van der Waals surface area contributed by atoms with Crippen LogP contribution in [-0.2, 0) is 4.79 Å². The van der Waals surface area contributed by atoms with E-state index in [0.29, 0.717) is 18.5 Å². The zero-order valence-electron chi connectivity index (χ0n) is 11.9. The van der Waals surface area contributed by atoms with Gasteiger partial charge in [-0.3, -0.25) is 4.79 Å². The molecule has 0 saturated heterocycles. The van der Waals surface area contributed by atoms with Crippen molar-refractivity contribution in [1.82, 2.24) is 10.6 Å². The van der Waals surface area contributed by atoms with Crippen LogP contribution in [0.15, 0.2) is 0 Å². The molecule has 0 aromatic heterocycles. The fourth-order valence-electron chi connectivity index (χ4n) is 3.20. The van der Waals surface area contributed by atoms with E-state index >= 15 is 0 Å². The zero-order chi connectivity index (χ0) is 13.0. The lowest BCUT2D eigenvalue weighted by molar-refractivity contribution is -0.121. The Morgan fingerprint density at radius 2 is 1.72 bits per heavy atom. The summed E-state index contributed by atoms with van der Waals surface area (Å²) >= 11 is 0. The maximum absolute atomic E-state index is 11.5. The van der Waals surface area contributed by atoms with Crippen molar-refractivity contribution < 1.29 is 4.79 Å². The fourth-order valence-corrected chi connectivity index (χ4v) is 3.20. The Morgan fingerprint density at radius 1 is 1.06 bits per heavy atom. The normalized spacial score (nSPS) is 32.2. The van der Waals surface area contributed by atoms with Crippen molar-refractivity contribution >= 4 is 5.91 Å². The van der Waals surface area contributed by atoms with Crippen LogP contribution in [0.2, 0.25) is 0 Å². The van der Waals surface area contributed by atoms with E-state index in [9.17, 15) is 4.79 Å². The van der Waals surface area contributed by atoms with E-state index in [2.05, 4.69) is 24.5 Å². The lowest BCUT2D eigenvalue weighted by Gasteiger charge is -2.32. The highest BCUT2D eigenvalue weighted by Crippen LogP contribution is 2.28. The Hall–Kier alpha value is -0.570. The highest BCUT2D eigenvalue weighted by Gasteiger charge is 2.24. The Morgan fingerprint density at radius 3 is 2.33 bits per heavy atom. The van der Waals surface area contributed by atoms with Crippen molar-refractivity contribution in [3.05, 3.63) is 0 Å². The van der Waals surface area contributed by atoms with Gasteiger partial charge in [0.1, 0.15) is 0 Å². The molecule has 3 heteroatoms. The molecular weight excluding hydrogens is 224 g/mol. The van der Waals surface area contributed by atoms with Gasteiger partial charge < -0.3 is 10.6 Å². The number of carbonyl (C=O) groups is 1. The first-order valence-corrected chi connectivity index (χ1v) is 7.66. The fraction of sp³-hybridized carbons (Fsp3) is 0.933. The predicted octanol–water partition coefficient (Wildman–Crippen LogP) is 2.46. The maximum Gasteiger partial charge on any atom is 0.220 e. The van der Waals surface area contributed by atoms with Crippen LogP contribution in [0.25, 0.3) is 0 Å². The van der Waals surface area contributed by atoms with Crippen molar-refractivity contribution in [1.29, 1.82) is 0 Å². The summed E-state index contributed by atoms with van der Waals surface area (Å²) in [7, 11) is 0. The van der Waals surface area contributed by atoms with Crippen LogP contribution in [0, 0.1) is 11.8 Å². The Kier molecular flexibility index (Phi) is 5.04. The molecule has 0 radical (unpaired) electrons. The topological polar surface area (TPSA) is 41.1 Å². The first-order chi connectivity index (χ1) is 8.63. The van der Waals surface area contributed by atoms with E-state index in [1.54, 1.807) is 0 Å². The molecule has 2 N–H and O–H groups in total. The number of carbonyl (C=O) groups excluding carboxylic acids is 1. The molecule has 2 rings (SSSR count). The SMILES string of the molecule is CC1CC(C)CC(NCCCC(=O)NC2CC2)C1. The first-order valence-electron chi connectivity index (χ1n) is 7.66. The van der Waals surface area contributed by atoms with Crippen LogP contribution in [-0.4, -0.2) is 24.5 Å². The van der Waals surface area contributed by atoms with E-state index < -0.39 is 0 Å². The van der Waals surface area contributed by atoms with Gasteiger partial charge in [0.15, 0.2) is 0 Å². The molecule has 0 bridgehead atoms. The molecular formula is C15H28N2O. The van der Waals surface area contributed by atoms with Crippen molar-refractivity contribution in [3.8, 4) is 0 Å². The number of hydrogen-bond donors (Lipinski definition) is 2. The molecule has 1 amide bonds. The van der Waals surface area contributed by atoms with Crippen LogP contribution in [0.4, 0.5) is 0 Å². The molecule has 0 heterocycles. The van der Waals surface area contributed by atoms with Crippen molar-refractivity contribution in [2.75, 3.05) is 6.54 Å². The average molecular weight is 252 g/mol. The molecule has 2 fully saturated rings. The Labute approximate surface area is 111 Å². The molecule has 2 atom stereocenters. The van der Waals surface area contributed by atoms with Crippen LogP contribution < -0.4 is 10.6 Å². The molecule has 2 aliphatic carbocycles. The van der Waals surface area contributed by atoms with E-state index in [1.165, 1.54) is 32.1 Å². The van der Waals surface area contributed by atoms with E-state index in [1.807, 2.05) is 0 Å². The molecule has 0 aromatic rings. The van der Waals surface area contributed by atoms with Crippen molar-refractivity contribution in [2.45, 2.75) is 70.9 Å². The first kappa shape index (κ1) is 13.9. The van der Waals surface area contributed by atoms with Crippen LogP contribution in [0.5, 0.6) is 0 Å². The number of nitrogens with one attached hydrogen (secondary N) is 2. The van der Waals surface area contributed by atoms with Gasteiger partial charge in [-0.05, 0) is 56.9 Å². The zero-order valence-corrected chi connectivity index (χ0v) is 11.9. The quantitative estimate of drug-likeness (QED) is 0.713. The minimum absolute atomic E-state index is 0.240. The van der Waals surface area contributed by atoms with Gasteiger partial charge in [-0.2, -0.15) is 0 Å². The highest BCUT2D eigenvalue weighted by molar-refractivity contribution is 5.76. The van der Waals surface area contributed by atoms with Gasteiger partial charge in [-0.1, -0.05) is 13.8 Å². The summed E-state index contributed by atoms with van der Waals surface area (Å²) in [6.07, 6.45) is 8.00. The molecule has 2 saturated carbocycles. The van der Waals surface area contributed by atoms with Gasteiger partial charge in [-0.15, -0.1) is 0 Å². The minimum Gasteiger partial charge on any atom is -0.353 e. The predicted molar refractivity (Wildman–Crippen MR) is 74.4 cm³/mol. The van der Waals surface area contributed by atoms with Gasteiger partial charge in [0.05, 0.1) is 0 Å². The van der Waals surface area contributed by atoms with Crippen LogP contribution in [0.1, 0.15) is 58.8 Å². The lowest BCUT2D eigenvalue weighted by Crippen LogP contribution is -2.37. The maximum atomic E-state index is 11.5. The summed E-state index contributed by atoms with van der Waals surface area (Å²) in [4.78, 5) is 11.5. The molecule has 0 spiro atoms. The Balaban J connectivity index is 1.52. The second-order valence-corrected chi connectivity index (χ2v) is 6.51. The molecule has 0 aliphatic heterocycles. The van der Waals surface area contributed by atoms with Gasteiger partial charge in [0.2, 0.25) is 5.91 Å². The third-order valence-electron chi connectivity index (χ3n) is 4.13. The highest BCUT2D eigenvalue weighted by atomic mass is 16.1. The lowest BCUT2D eigenvalue weighted by atomic mass is 9.80. The summed E-state index contributed by atoms with van der Waals surface area (Å²) in [6, 6.07) is 1.18. The number of amides is 1. The van der Waals surface area contributed by atoms with Crippen molar-refractivity contribution in [3.63, 3.8) is 0 Å². The summed E-state index contributed by atoms with van der Waals surface area (Å²) in [6.45, 7) is 5.70. The molecule has 3 nitrogen and oxygen atoms in total. The van der Waals surface area contributed by atoms with Crippen LogP contribution in [0.3, 0.4) is 0 Å². The molecule has 2 aliphatic rings. The van der Waals surface area contributed by atoms with E-state index in [4.69, 9.17) is 0 Å². The van der Waals surface area contributed by atoms with E-state index in [-0.39, 0.29) is 5.91 Å². The number of rotatable bonds is 6. The monoisotopic (exact) mass is 252 g/mol. The Bertz CT molecular complexity index is 266. The third-order valence-corrected chi connectivity index (χ3v) is 4.13. The van der Waals surface area contributed by atoms with Gasteiger partial charge in [0.25, 0.3) is 0 Å². The summed E-state index contributed by atoms with van der Waals surface area (Å²) in [5, 5.41) is 6.67. The van der Waals surface area contributed by atoms with Gasteiger partial charge in [-0.25, -0.2) is 0 Å². The standard InChI is InChI=1S/C15H28N2O/c1-11-8-12(2)10-14(9-11)16-7-3-4-15(18)17-13-5-6-13/h11-14,16H,3-10H2,1-2H3,(H,17,18). The molecule has 104 valence electrons. The van der Waals surface area contributed by atoms with Gasteiger partial charge in [0, 0.05) is 18.5 Å². The minimum atomic E-state index is 0.240. The second kappa shape index (κ2) is 6.55. The van der Waals surface area contributed by atoms with Gasteiger partial charge >= 0.3 is 0 Å². The largest absolute Gasteiger partial charge is 0.353 e. The molecule has 2 unspecified atom stereocenters. The number of hydrogen-bond acceptors (Lipinski definition) is 2.